The van der Waals surface area contributed by atoms with Gasteiger partial charge in [-0.3, -0.25) is 14.7 Å². The first-order valence-electron chi connectivity index (χ1n) is 11.6. The number of nitrogens with one attached hydrogen (secondary N) is 4. The molecule has 194 valence electrons. The molecule has 0 radical (unpaired) electrons. The Labute approximate surface area is 222 Å². The fourth-order valence-corrected chi connectivity index (χ4v) is 4.30. The molecule has 0 bridgehead atoms. The van der Waals surface area contributed by atoms with Gasteiger partial charge in [-0.05, 0) is 43.5 Å². The standard InChI is InChI=1S/C26H25N7O4S/c1-15-22(24(35)32-20(25(36)37-3)14-28-23(34)21-7-5-11-38-21)16(2)31-26(30-15)27-10-4-6-17-8-9-18-13-29-33-19(18)12-17/h5,7-9,11-13,20H,10,14H2,1-3H3,(H,28,34)(H,29,33)(H,32,35)(H,27,30,31). The number of esters is 1. The van der Waals surface area contributed by atoms with Gasteiger partial charge in [0.2, 0.25) is 5.95 Å². The molecule has 0 aliphatic heterocycles. The first kappa shape index (κ1) is 26.3. The van der Waals surface area contributed by atoms with Gasteiger partial charge in [-0.15, -0.1) is 11.3 Å². The van der Waals surface area contributed by atoms with Gasteiger partial charge >= 0.3 is 5.97 Å². The maximum Gasteiger partial charge on any atom is 0.330 e. The summed E-state index contributed by atoms with van der Waals surface area (Å²) >= 11 is 1.27. The van der Waals surface area contributed by atoms with Crippen LogP contribution in [-0.4, -0.2) is 64.2 Å². The van der Waals surface area contributed by atoms with Gasteiger partial charge in [0.15, 0.2) is 0 Å². The van der Waals surface area contributed by atoms with Gasteiger partial charge in [0, 0.05) is 17.5 Å². The van der Waals surface area contributed by atoms with E-state index in [4.69, 9.17) is 4.74 Å². The van der Waals surface area contributed by atoms with Crippen molar-refractivity contribution in [1.82, 2.24) is 30.8 Å². The first-order chi connectivity index (χ1) is 18.4. The molecule has 0 spiro atoms. The molecule has 0 aliphatic rings. The fourth-order valence-electron chi connectivity index (χ4n) is 3.66. The zero-order valence-electron chi connectivity index (χ0n) is 20.9. The molecule has 3 heterocycles. The molecule has 0 fully saturated rings. The largest absolute Gasteiger partial charge is 0.467 e. The van der Waals surface area contributed by atoms with E-state index in [1.165, 1.54) is 18.4 Å². The van der Waals surface area contributed by atoms with E-state index in [1.54, 1.807) is 37.6 Å². The number of aromatic amines is 1. The maximum atomic E-state index is 13.0. The number of amides is 2. The maximum absolute atomic E-state index is 13.0. The molecule has 0 saturated heterocycles. The highest BCUT2D eigenvalue weighted by molar-refractivity contribution is 7.12. The lowest BCUT2D eigenvalue weighted by Crippen LogP contribution is -2.49. The van der Waals surface area contributed by atoms with Crippen molar-refractivity contribution in [1.29, 1.82) is 0 Å². The molecule has 3 aromatic heterocycles. The molecular weight excluding hydrogens is 506 g/mol. The summed E-state index contributed by atoms with van der Waals surface area (Å²) in [5, 5.41) is 18.0. The predicted octanol–water partition coefficient (Wildman–Crippen LogP) is 2.20. The number of hydrogen-bond donors (Lipinski definition) is 4. The molecule has 4 rings (SSSR count). The molecule has 0 aliphatic carbocycles. The summed E-state index contributed by atoms with van der Waals surface area (Å²) in [6, 6.07) is 8.09. The highest BCUT2D eigenvalue weighted by Crippen LogP contribution is 2.14. The molecule has 11 nitrogen and oxygen atoms in total. The Hall–Kier alpha value is -4.76. The van der Waals surface area contributed by atoms with Crippen molar-refractivity contribution >= 4 is 46.0 Å². The van der Waals surface area contributed by atoms with Crippen molar-refractivity contribution in [3.8, 4) is 11.8 Å². The molecule has 1 unspecified atom stereocenters. The number of nitrogens with zero attached hydrogens (tertiary/aromatic N) is 3. The molecule has 1 atom stereocenters. The van der Waals surface area contributed by atoms with Crippen molar-refractivity contribution in [2.45, 2.75) is 19.9 Å². The van der Waals surface area contributed by atoms with Crippen LogP contribution < -0.4 is 16.0 Å². The van der Waals surface area contributed by atoms with Gasteiger partial charge in [0.25, 0.3) is 11.8 Å². The van der Waals surface area contributed by atoms with E-state index >= 15 is 0 Å². The minimum atomic E-state index is -1.09. The number of methoxy groups -OCH3 is 1. The molecule has 4 N–H and O–H groups in total. The summed E-state index contributed by atoms with van der Waals surface area (Å²) in [5.74, 6) is 4.82. The lowest BCUT2D eigenvalue weighted by atomic mass is 10.1. The van der Waals surface area contributed by atoms with Gasteiger partial charge in [-0.25, -0.2) is 14.8 Å². The zero-order chi connectivity index (χ0) is 27.1. The molecule has 12 heteroatoms. The van der Waals surface area contributed by atoms with Crippen LogP contribution in [0.25, 0.3) is 10.9 Å². The van der Waals surface area contributed by atoms with Crippen molar-refractivity contribution in [2.24, 2.45) is 0 Å². The Balaban J connectivity index is 1.38. The number of carbonyl (C=O) groups is 3. The van der Waals surface area contributed by atoms with E-state index < -0.39 is 17.9 Å². The topological polar surface area (TPSA) is 151 Å². The third-order valence-electron chi connectivity index (χ3n) is 5.51. The van der Waals surface area contributed by atoms with Crippen LogP contribution in [0.5, 0.6) is 0 Å². The number of hydrogen-bond acceptors (Lipinski definition) is 9. The Morgan fingerprint density at radius 3 is 2.63 bits per heavy atom. The van der Waals surface area contributed by atoms with Crippen molar-refractivity contribution < 1.29 is 19.1 Å². The zero-order valence-corrected chi connectivity index (χ0v) is 21.7. The van der Waals surface area contributed by atoms with Gasteiger partial charge in [-0.1, -0.05) is 17.9 Å². The van der Waals surface area contributed by atoms with Crippen LogP contribution in [0.2, 0.25) is 0 Å². The van der Waals surface area contributed by atoms with Crippen LogP contribution in [0, 0.1) is 25.7 Å². The smallest absolute Gasteiger partial charge is 0.330 e. The summed E-state index contributed by atoms with van der Waals surface area (Å²) < 4.78 is 4.79. The molecular formula is C26H25N7O4S. The van der Waals surface area contributed by atoms with Crippen LogP contribution in [0.15, 0.2) is 41.9 Å². The number of fused-ring (bicyclic) bond motifs is 1. The van der Waals surface area contributed by atoms with Crippen LogP contribution in [0.4, 0.5) is 5.95 Å². The SMILES string of the molecule is COC(=O)C(CNC(=O)c1cccs1)NC(=O)c1c(C)nc(NCC#Cc2ccc3cn[nH]c3c2)nc1C. The summed E-state index contributed by atoms with van der Waals surface area (Å²) in [7, 11) is 1.21. The lowest BCUT2D eigenvalue weighted by molar-refractivity contribution is -0.142. The van der Waals surface area contributed by atoms with Crippen LogP contribution in [0.1, 0.15) is 37.0 Å². The van der Waals surface area contributed by atoms with Crippen LogP contribution in [0.3, 0.4) is 0 Å². The van der Waals surface area contributed by atoms with E-state index in [9.17, 15) is 14.4 Å². The second-order valence-corrected chi connectivity index (χ2v) is 9.10. The predicted molar refractivity (Wildman–Crippen MR) is 143 cm³/mol. The number of carbonyl (C=O) groups excluding carboxylic acids is 3. The first-order valence-corrected chi connectivity index (χ1v) is 12.4. The van der Waals surface area contributed by atoms with E-state index in [0.29, 0.717) is 28.8 Å². The molecule has 2 amide bonds. The van der Waals surface area contributed by atoms with Crippen LogP contribution in [-0.2, 0) is 9.53 Å². The van der Waals surface area contributed by atoms with E-state index in [-0.39, 0.29) is 18.0 Å². The minimum absolute atomic E-state index is 0.139. The normalized spacial score (nSPS) is 11.2. The highest BCUT2D eigenvalue weighted by atomic mass is 32.1. The highest BCUT2D eigenvalue weighted by Gasteiger charge is 2.25. The van der Waals surface area contributed by atoms with Crippen molar-refractivity contribution in [2.75, 3.05) is 25.5 Å². The quantitative estimate of drug-likeness (QED) is 0.200. The van der Waals surface area contributed by atoms with Gasteiger partial charge in [-0.2, -0.15) is 5.10 Å². The summed E-state index contributed by atoms with van der Waals surface area (Å²) in [5.41, 5.74) is 2.82. The van der Waals surface area contributed by atoms with Gasteiger partial charge < -0.3 is 20.7 Å². The Morgan fingerprint density at radius 2 is 1.92 bits per heavy atom. The van der Waals surface area contributed by atoms with Gasteiger partial charge in [0.1, 0.15) is 6.04 Å². The van der Waals surface area contributed by atoms with E-state index in [1.807, 2.05) is 18.2 Å². The van der Waals surface area contributed by atoms with Crippen molar-refractivity contribution in [3.05, 3.63) is 69.3 Å². The molecule has 0 saturated carbocycles. The average molecular weight is 532 g/mol. The van der Waals surface area contributed by atoms with E-state index in [0.717, 1.165) is 16.5 Å². The second-order valence-electron chi connectivity index (χ2n) is 8.16. The Bertz CT molecular complexity index is 1510. The average Bonchev–Trinajstić information content (AvgIpc) is 3.60. The van der Waals surface area contributed by atoms with Crippen molar-refractivity contribution in [3.63, 3.8) is 0 Å². The number of ether oxygens (including phenoxy) is 1. The fraction of sp³-hybridized carbons (Fsp3) is 0.231. The third-order valence-corrected chi connectivity index (χ3v) is 6.38. The molecule has 38 heavy (non-hydrogen) atoms. The summed E-state index contributed by atoms with van der Waals surface area (Å²) in [6.45, 7) is 3.50. The van der Waals surface area contributed by atoms with Gasteiger partial charge in [0.05, 0.1) is 47.2 Å². The number of benzene rings is 1. The minimum Gasteiger partial charge on any atom is -0.467 e. The molecule has 1 aromatic carbocycles. The second kappa shape index (κ2) is 12.0. The van der Waals surface area contributed by atoms with Crippen LogP contribution >= 0.6 is 11.3 Å². The number of aromatic nitrogens is 4. The Morgan fingerprint density at radius 1 is 1.13 bits per heavy atom. The van der Waals surface area contributed by atoms with E-state index in [2.05, 4.69) is 48.0 Å². The molecule has 4 aromatic rings. The summed E-state index contributed by atoms with van der Waals surface area (Å²) in [6.07, 6.45) is 1.75. The number of H-pyrrole nitrogens is 1. The third kappa shape index (κ3) is 6.32. The number of thiophene rings is 1. The number of anilines is 1. The number of rotatable bonds is 8. The number of aryl methyl sites for hydroxylation is 2. The Kier molecular flexibility index (Phi) is 8.30. The summed E-state index contributed by atoms with van der Waals surface area (Å²) in [4.78, 5) is 46.8. The lowest BCUT2D eigenvalue weighted by Gasteiger charge is -2.18. The monoisotopic (exact) mass is 531 g/mol.